The summed E-state index contributed by atoms with van der Waals surface area (Å²) >= 11 is 0. The third-order valence-electron chi connectivity index (χ3n) is 3.57. The molecule has 1 unspecified atom stereocenters. The number of aryl methyl sites for hydroxylation is 1. The molecular formula is C18H29N3O2. The van der Waals surface area contributed by atoms with Crippen molar-refractivity contribution in [3.8, 4) is 0 Å². The zero-order valence-electron chi connectivity index (χ0n) is 14.6. The minimum absolute atomic E-state index is 0.126. The molecule has 1 rings (SSSR count). The molecule has 0 saturated heterocycles. The number of amides is 2. The first-order chi connectivity index (χ1) is 11.0. The van der Waals surface area contributed by atoms with Gasteiger partial charge >= 0.3 is 0 Å². The minimum Gasteiger partial charge on any atom is -0.353 e. The summed E-state index contributed by atoms with van der Waals surface area (Å²) < 4.78 is 0. The molecule has 0 bridgehead atoms. The molecular weight excluding hydrogens is 290 g/mol. The van der Waals surface area contributed by atoms with Crippen LogP contribution < -0.4 is 16.0 Å². The maximum absolute atomic E-state index is 12.4. The topological polar surface area (TPSA) is 70.2 Å². The van der Waals surface area contributed by atoms with Gasteiger partial charge < -0.3 is 16.0 Å². The molecule has 23 heavy (non-hydrogen) atoms. The number of nitrogens with one attached hydrogen (secondary N) is 3. The van der Waals surface area contributed by atoms with Crippen LogP contribution in [-0.2, 0) is 4.79 Å². The molecule has 2 amide bonds. The van der Waals surface area contributed by atoms with E-state index in [-0.39, 0.29) is 11.8 Å². The van der Waals surface area contributed by atoms with Crippen LogP contribution in [-0.4, -0.2) is 37.5 Å². The predicted octanol–water partition coefficient (Wildman–Crippen LogP) is 1.87. The first-order valence-electron chi connectivity index (χ1n) is 8.30. The molecule has 0 heterocycles. The average molecular weight is 319 g/mol. The molecule has 5 nitrogen and oxygen atoms in total. The van der Waals surface area contributed by atoms with Gasteiger partial charge in [-0.05, 0) is 37.4 Å². The number of benzene rings is 1. The largest absolute Gasteiger partial charge is 0.353 e. The lowest BCUT2D eigenvalue weighted by Crippen LogP contribution is -2.48. The molecule has 1 atom stereocenters. The number of hydrogen-bond acceptors (Lipinski definition) is 3. The van der Waals surface area contributed by atoms with E-state index in [1.165, 1.54) is 0 Å². The fourth-order valence-electron chi connectivity index (χ4n) is 2.34. The van der Waals surface area contributed by atoms with Gasteiger partial charge in [-0.2, -0.15) is 0 Å². The van der Waals surface area contributed by atoms with Crippen molar-refractivity contribution >= 4 is 11.8 Å². The molecule has 0 spiro atoms. The van der Waals surface area contributed by atoms with Crippen molar-refractivity contribution in [2.24, 2.45) is 5.92 Å². The van der Waals surface area contributed by atoms with Crippen molar-refractivity contribution in [1.82, 2.24) is 16.0 Å². The van der Waals surface area contributed by atoms with Crippen LogP contribution >= 0.6 is 0 Å². The molecule has 0 saturated carbocycles. The fraction of sp³-hybridized carbons (Fsp3) is 0.556. The molecule has 0 aromatic heterocycles. The molecule has 3 N–H and O–H groups in total. The van der Waals surface area contributed by atoms with E-state index in [4.69, 9.17) is 0 Å². The Morgan fingerprint density at radius 3 is 2.43 bits per heavy atom. The van der Waals surface area contributed by atoms with Crippen molar-refractivity contribution in [3.63, 3.8) is 0 Å². The highest BCUT2D eigenvalue weighted by Crippen LogP contribution is 2.10. The Hall–Kier alpha value is -1.88. The third-order valence-corrected chi connectivity index (χ3v) is 3.57. The summed E-state index contributed by atoms with van der Waals surface area (Å²) in [5.41, 5.74) is 1.52. The number of carbonyl (C=O) groups excluding carboxylic acids is 2. The zero-order chi connectivity index (χ0) is 17.2. The summed E-state index contributed by atoms with van der Waals surface area (Å²) in [7, 11) is 0. The van der Waals surface area contributed by atoms with E-state index < -0.39 is 6.04 Å². The van der Waals surface area contributed by atoms with Crippen molar-refractivity contribution in [2.75, 3.05) is 19.6 Å². The molecule has 0 fully saturated rings. The van der Waals surface area contributed by atoms with E-state index in [0.29, 0.717) is 24.4 Å². The number of hydrogen-bond donors (Lipinski definition) is 3. The normalized spacial score (nSPS) is 12.0. The number of likely N-dealkylation sites (N-methyl/N-ethyl adjacent to an activating group) is 1. The molecule has 0 aliphatic rings. The van der Waals surface area contributed by atoms with Crippen LogP contribution in [0, 0.1) is 12.8 Å². The molecule has 0 aliphatic heterocycles. The zero-order valence-corrected chi connectivity index (χ0v) is 14.6. The Balaban J connectivity index is 2.68. The monoisotopic (exact) mass is 319 g/mol. The van der Waals surface area contributed by atoms with Crippen LogP contribution in [0.2, 0.25) is 0 Å². The Morgan fingerprint density at radius 2 is 1.83 bits per heavy atom. The van der Waals surface area contributed by atoms with Gasteiger partial charge in [0.25, 0.3) is 5.91 Å². The molecule has 128 valence electrons. The van der Waals surface area contributed by atoms with E-state index in [2.05, 4.69) is 16.0 Å². The summed E-state index contributed by atoms with van der Waals surface area (Å²) in [5.74, 6) is -0.00851. The SMILES string of the molecule is CCNCCNC(=O)C(CC(C)C)NC(=O)c1ccccc1C. The van der Waals surface area contributed by atoms with E-state index in [1.807, 2.05) is 45.9 Å². The van der Waals surface area contributed by atoms with Crippen LogP contribution in [0.25, 0.3) is 0 Å². The number of rotatable bonds is 9. The Kier molecular flexibility index (Phi) is 8.33. The van der Waals surface area contributed by atoms with Gasteiger partial charge in [-0.15, -0.1) is 0 Å². The Morgan fingerprint density at radius 1 is 1.13 bits per heavy atom. The first kappa shape index (κ1) is 19.2. The van der Waals surface area contributed by atoms with Crippen molar-refractivity contribution in [1.29, 1.82) is 0 Å². The van der Waals surface area contributed by atoms with E-state index >= 15 is 0 Å². The van der Waals surface area contributed by atoms with Gasteiger partial charge in [0.2, 0.25) is 5.91 Å². The second-order valence-corrected chi connectivity index (χ2v) is 6.12. The lowest BCUT2D eigenvalue weighted by atomic mass is 10.0. The molecule has 1 aromatic rings. The molecule has 0 radical (unpaired) electrons. The lowest BCUT2D eigenvalue weighted by molar-refractivity contribution is -0.123. The van der Waals surface area contributed by atoms with E-state index in [0.717, 1.165) is 18.7 Å². The second-order valence-electron chi connectivity index (χ2n) is 6.12. The third kappa shape index (κ3) is 6.82. The summed E-state index contributed by atoms with van der Waals surface area (Å²) in [6.45, 7) is 10.1. The first-order valence-corrected chi connectivity index (χ1v) is 8.30. The van der Waals surface area contributed by atoms with Gasteiger partial charge in [-0.3, -0.25) is 9.59 Å². The smallest absolute Gasteiger partial charge is 0.252 e. The summed E-state index contributed by atoms with van der Waals surface area (Å²) in [5, 5.41) is 8.91. The van der Waals surface area contributed by atoms with E-state index in [1.54, 1.807) is 6.07 Å². The molecule has 5 heteroatoms. The van der Waals surface area contributed by atoms with Crippen LogP contribution in [0.3, 0.4) is 0 Å². The maximum atomic E-state index is 12.4. The standard InChI is InChI=1S/C18H29N3O2/c1-5-19-10-11-20-18(23)16(12-13(2)3)21-17(22)15-9-7-6-8-14(15)4/h6-9,13,16,19H,5,10-12H2,1-4H3,(H,20,23)(H,21,22). The van der Waals surface area contributed by atoms with Crippen molar-refractivity contribution < 1.29 is 9.59 Å². The van der Waals surface area contributed by atoms with E-state index in [9.17, 15) is 9.59 Å². The predicted molar refractivity (Wildman–Crippen MR) is 93.4 cm³/mol. The second kappa shape index (κ2) is 10.0. The summed E-state index contributed by atoms with van der Waals surface area (Å²) in [4.78, 5) is 24.8. The quantitative estimate of drug-likeness (QED) is 0.609. The maximum Gasteiger partial charge on any atom is 0.252 e. The van der Waals surface area contributed by atoms with Crippen molar-refractivity contribution in [3.05, 3.63) is 35.4 Å². The fourth-order valence-corrected chi connectivity index (χ4v) is 2.34. The van der Waals surface area contributed by atoms with Gasteiger partial charge in [0.05, 0.1) is 0 Å². The number of carbonyl (C=O) groups is 2. The van der Waals surface area contributed by atoms with Crippen LogP contribution in [0.5, 0.6) is 0 Å². The van der Waals surface area contributed by atoms with Crippen LogP contribution in [0.1, 0.15) is 43.1 Å². The highest BCUT2D eigenvalue weighted by atomic mass is 16.2. The van der Waals surface area contributed by atoms with Gasteiger partial charge in [-0.1, -0.05) is 39.0 Å². The molecule has 0 aliphatic carbocycles. The van der Waals surface area contributed by atoms with Gasteiger partial charge in [0.1, 0.15) is 6.04 Å². The van der Waals surface area contributed by atoms with Gasteiger partial charge in [-0.25, -0.2) is 0 Å². The Labute approximate surface area is 139 Å². The summed E-state index contributed by atoms with van der Waals surface area (Å²) in [6, 6.07) is 6.88. The molecule has 1 aromatic carbocycles. The van der Waals surface area contributed by atoms with Gasteiger partial charge in [0.15, 0.2) is 0 Å². The Bertz CT molecular complexity index is 515. The van der Waals surface area contributed by atoms with Crippen molar-refractivity contribution in [2.45, 2.75) is 40.2 Å². The lowest BCUT2D eigenvalue weighted by Gasteiger charge is -2.20. The summed E-state index contributed by atoms with van der Waals surface area (Å²) in [6.07, 6.45) is 0.616. The van der Waals surface area contributed by atoms with Crippen LogP contribution in [0.4, 0.5) is 0 Å². The highest BCUT2D eigenvalue weighted by Gasteiger charge is 2.22. The minimum atomic E-state index is -0.510. The van der Waals surface area contributed by atoms with Gasteiger partial charge in [0, 0.05) is 18.7 Å². The van der Waals surface area contributed by atoms with Crippen LogP contribution in [0.15, 0.2) is 24.3 Å². The highest BCUT2D eigenvalue weighted by molar-refractivity contribution is 5.98. The average Bonchev–Trinajstić information content (AvgIpc) is 2.50.